The van der Waals surface area contributed by atoms with E-state index in [0.717, 1.165) is 17.3 Å². The highest BCUT2D eigenvalue weighted by atomic mass is 19.1. The molecule has 1 heterocycles. The third-order valence-electron chi connectivity index (χ3n) is 2.58. The number of halogens is 1. The largest absolute Gasteiger partial charge is 0.397 e. The van der Waals surface area contributed by atoms with Crippen molar-refractivity contribution in [3.63, 3.8) is 0 Å². The van der Waals surface area contributed by atoms with Gasteiger partial charge in [0.15, 0.2) is 0 Å². The van der Waals surface area contributed by atoms with Gasteiger partial charge in [-0.1, -0.05) is 6.07 Å². The molecule has 0 fully saturated rings. The van der Waals surface area contributed by atoms with Gasteiger partial charge < -0.3 is 11.1 Å². The number of benzene rings is 1. The van der Waals surface area contributed by atoms with Crippen LogP contribution in [-0.2, 0) is 0 Å². The van der Waals surface area contributed by atoms with Crippen LogP contribution in [0, 0.1) is 18.2 Å². The average Bonchev–Trinajstić information content (AvgIpc) is 2.32. The molecule has 3 nitrogen and oxygen atoms in total. The van der Waals surface area contributed by atoms with E-state index in [1.807, 2.05) is 0 Å². The van der Waals surface area contributed by atoms with E-state index in [4.69, 9.17) is 11.1 Å². The molecular weight excluding hydrogens is 217 g/mol. The van der Waals surface area contributed by atoms with Crippen LogP contribution in [-0.4, -0.2) is 11.2 Å². The molecule has 0 atom stereocenters. The van der Waals surface area contributed by atoms with Gasteiger partial charge in [-0.15, -0.1) is 0 Å². The Kier molecular flexibility index (Phi) is 2.87. The summed E-state index contributed by atoms with van der Waals surface area (Å²) in [6.45, 7) is 1.71. The Morgan fingerprint density at radius 2 is 2.06 bits per heavy atom. The van der Waals surface area contributed by atoms with Crippen molar-refractivity contribution in [2.24, 2.45) is 0 Å². The predicted molar refractivity (Wildman–Crippen MR) is 66.7 cm³/mol. The molecule has 0 saturated heterocycles. The number of aryl methyl sites for hydroxylation is 1. The van der Waals surface area contributed by atoms with Gasteiger partial charge in [0.1, 0.15) is 11.5 Å². The molecule has 0 unspecified atom stereocenters. The van der Waals surface area contributed by atoms with E-state index in [1.54, 1.807) is 31.3 Å². The third kappa shape index (κ3) is 2.15. The molecule has 3 N–H and O–H groups in total. The molecular formula is C13H12FN3. The number of hydrogen-bond acceptors (Lipinski definition) is 3. The maximum atomic E-state index is 13.1. The van der Waals surface area contributed by atoms with Crippen LogP contribution < -0.4 is 5.73 Å². The minimum atomic E-state index is -0.231. The summed E-state index contributed by atoms with van der Waals surface area (Å²) in [5.41, 5.74) is 8.89. The number of nitrogens with zero attached hydrogens (tertiary/aromatic N) is 1. The van der Waals surface area contributed by atoms with E-state index in [1.165, 1.54) is 6.07 Å². The smallest absolute Gasteiger partial charge is 0.126 e. The fourth-order valence-corrected chi connectivity index (χ4v) is 1.60. The van der Waals surface area contributed by atoms with Crippen LogP contribution >= 0.6 is 0 Å². The number of nitrogens with two attached hydrogens (primary N) is 1. The van der Waals surface area contributed by atoms with E-state index in [2.05, 4.69) is 4.98 Å². The standard InChI is InChI=1S/C13H12FN3/c1-8-4-9(2-3-11(8)14)10-5-12(16)13(6-15)17-7-10/h2-7,15H,16H2,1H3. The Balaban J connectivity index is 2.49. The van der Waals surface area contributed by atoms with Gasteiger partial charge in [0.2, 0.25) is 0 Å². The molecule has 0 aliphatic heterocycles. The molecule has 0 radical (unpaired) electrons. The molecule has 0 saturated carbocycles. The topological polar surface area (TPSA) is 62.8 Å². The second kappa shape index (κ2) is 4.33. The average molecular weight is 229 g/mol. The lowest BCUT2D eigenvalue weighted by Gasteiger charge is -2.06. The van der Waals surface area contributed by atoms with E-state index >= 15 is 0 Å². The highest BCUT2D eigenvalue weighted by Crippen LogP contribution is 2.23. The number of anilines is 1. The fourth-order valence-electron chi connectivity index (χ4n) is 1.60. The Morgan fingerprint density at radius 1 is 1.29 bits per heavy atom. The van der Waals surface area contributed by atoms with Crippen LogP contribution in [0.5, 0.6) is 0 Å². The SMILES string of the molecule is Cc1cc(-c2cnc(C=N)c(N)c2)ccc1F. The molecule has 2 rings (SSSR count). The van der Waals surface area contributed by atoms with E-state index in [9.17, 15) is 4.39 Å². The molecule has 1 aromatic carbocycles. The molecule has 0 spiro atoms. The van der Waals surface area contributed by atoms with Crippen LogP contribution in [0.4, 0.5) is 10.1 Å². The molecule has 0 aliphatic rings. The van der Waals surface area contributed by atoms with Crippen molar-refractivity contribution in [1.82, 2.24) is 4.98 Å². The third-order valence-corrected chi connectivity index (χ3v) is 2.58. The quantitative estimate of drug-likeness (QED) is 0.778. The van der Waals surface area contributed by atoms with Crippen LogP contribution in [0.3, 0.4) is 0 Å². The predicted octanol–water partition coefficient (Wildman–Crippen LogP) is 2.78. The maximum absolute atomic E-state index is 13.1. The lowest BCUT2D eigenvalue weighted by Crippen LogP contribution is -1.97. The summed E-state index contributed by atoms with van der Waals surface area (Å²) >= 11 is 0. The lowest BCUT2D eigenvalue weighted by atomic mass is 10.0. The number of aromatic nitrogens is 1. The molecule has 0 aliphatic carbocycles. The van der Waals surface area contributed by atoms with E-state index in [-0.39, 0.29) is 5.82 Å². The summed E-state index contributed by atoms with van der Waals surface area (Å²) in [7, 11) is 0. The van der Waals surface area contributed by atoms with Gasteiger partial charge in [-0.3, -0.25) is 4.98 Å². The highest BCUT2D eigenvalue weighted by Gasteiger charge is 2.04. The monoisotopic (exact) mass is 229 g/mol. The number of nitrogens with one attached hydrogen (secondary N) is 1. The van der Waals surface area contributed by atoms with Gasteiger partial charge in [-0.25, -0.2) is 4.39 Å². The molecule has 86 valence electrons. The summed E-state index contributed by atoms with van der Waals surface area (Å²) in [4.78, 5) is 4.06. The van der Waals surface area contributed by atoms with Crippen LogP contribution in [0.2, 0.25) is 0 Å². The van der Waals surface area contributed by atoms with Gasteiger partial charge in [-0.05, 0) is 36.2 Å². The zero-order valence-electron chi connectivity index (χ0n) is 9.37. The Morgan fingerprint density at radius 3 is 2.65 bits per heavy atom. The molecule has 2 aromatic rings. The van der Waals surface area contributed by atoms with Crippen LogP contribution in [0.1, 0.15) is 11.3 Å². The number of pyridine rings is 1. The summed E-state index contributed by atoms with van der Waals surface area (Å²) in [6.07, 6.45) is 2.73. The summed E-state index contributed by atoms with van der Waals surface area (Å²) < 4.78 is 13.1. The van der Waals surface area contributed by atoms with Crippen molar-refractivity contribution in [3.8, 4) is 11.1 Å². The zero-order valence-corrected chi connectivity index (χ0v) is 9.37. The lowest BCUT2D eigenvalue weighted by molar-refractivity contribution is 0.619. The van der Waals surface area contributed by atoms with Crippen molar-refractivity contribution >= 4 is 11.9 Å². The van der Waals surface area contributed by atoms with Crippen LogP contribution in [0.15, 0.2) is 30.5 Å². The first kappa shape index (κ1) is 11.3. The summed E-state index contributed by atoms with van der Waals surface area (Å²) in [5.74, 6) is -0.231. The minimum Gasteiger partial charge on any atom is -0.397 e. The highest BCUT2D eigenvalue weighted by molar-refractivity contribution is 5.84. The van der Waals surface area contributed by atoms with Crippen molar-refractivity contribution < 1.29 is 4.39 Å². The van der Waals surface area contributed by atoms with Gasteiger partial charge in [0, 0.05) is 18.0 Å². The number of nitrogen functional groups attached to an aromatic ring is 1. The maximum Gasteiger partial charge on any atom is 0.126 e. The summed E-state index contributed by atoms with van der Waals surface area (Å²) in [5, 5.41) is 7.10. The minimum absolute atomic E-state index is 0.231. The first-order valence-electron chi connectivity index (χ1n) is 5.14. The molecule has 1 aromatic heterocycles. The molecule has 4 heteroatoms. The summed E-state index contributed by atoms with van der Waals surface area (Å²) in [6, 6.07) is 6.59. The van der Waals surface area contributed by atoms with Gasteiger partial charge in [-0.2, -0.15) is 0 Å². The van der Waals surface area contributed by atoms with Crippen molar-refractivity contribution in [1.29, 1.82) is 5.41 Å². The van der Waals surface area contributed by atoms with Gasteiger partial charge in [0.25, 0.3) is 0 Å². The van der Waals surface area contributed by atoms with Gasteiger partial charge in [0.05, 0.1) is 5.69 Å². The number of rotatable bonds is 2. The van der Waals surface area contributed by atoms with Crippen molar-refractivity contribution in [3.05, 3.63) is 47.5 Å². The fraction of sp³-hybridized carbons (Fsp3) is 0.0769. The molecule has 17 heavy (non-hydrogen) atoms. The second-order valence-corrected chi connectivity index (χ2v) is 3.81. The zero-order chi connectivity index (χ0) is 12.4. The normalized spacial score (nSPS) is 10.2. The Bertz CT molecular complexity index is 579. The van der Waals surface area contributed by atoms with Gasteiger partial charge >= 0.3 is 0 Å². The Hall–Kier alpha value is -2.23. The van der Waals surface area contributed by atoms with E-state index in [0.29, 0.717) is 16.9 Å². The second-order valence-electron chi connectivity index (χ2n) is 3.81. The first-order chi connectivity index (χ1) is 8.11. The van der Waals surface area contributed by atoms with Crippen LogP contribution in [0.25, 0.3) is 11.1 Å². The molecule has 0 bridgehead atoms. The molecule has 0 amide bonds. The number of hydrogen-bond donors (Lipinski definition) is 2. The van der Waals surface area contributed by atoms with E-state index < -0.39 is 0 Å². The van der Waals surface area contributed by atoms with Crippen molar-refractivity contribution in [2.45, 2.75) is 6.92 Å². The Labute approximate surface area is 98.6 Å². The first-order valence-corrected chi connectivity index (χ1v) is 5.14. The van der Waals surface area contributed by atoms with Crippen molar-refractivity contribution in [2.75, 3.05) is 5.73 Å².